The lowest BCUT2D eigenvalue weighted by molar-refractivity contribution is 0.0955. The van der Waals surface area contributed by atoms with E-state index in [0.717, 1.165) is 47.2 Å². The normalized spacial score (nSPS) is 11.0. The summed E-state index contributed by atoms with van der Waals surface area (Å²) in [5.74, 6) is 1.34. The predicted molar refractivity (Wildman–Crippen MR) is 119 cm³/mol. The number of hydrazone groups is 1. The molecule has 30 heavy (non-hydrogen) atoms. The molecule has 1 heterocycles. The Morgan fingerprint density at radius 2 is 1.97 bits per heavy atom. The second-order valence-corrected chi connectivity index (χ2v) is 7.62. The number of hydrogen-bond donors (Lipinski definition) is 1. The summed E-state index contributed by atoms with van der Waals surface area (Å²) >= 11 is 1.60. The predicted octanol–water partition coefficient (Wildman–Crippen LogP) is 4.05. The standard InChI is InChI=1S/C22H25N5O2S/c1-3-4-13-29-20-11-7-17(8-12-20)14-23-25-21(28)19-9-5-18(6-10-19)15-30-22-26-24-16-27(22)2/h5-12,14,16H,3-4,13,15H2,1-2H3,(H,25,28)/b23-14-. The number of aryl methyl sites for hydroxylation is 1. The number of hydrogen-bond acceptors (Lipinski definition) is 6. The van der Waals surface area contributed by atoms with E-state index < -0.39 is 0 Å². The molecule has 3 aromatic rings. The molecule has 2 aromatic carbocycles. The van der Waals surface area contributed by atoms with Crippen molar-refractivity contribution < 1.29 is 9.53 Å². The maximum Gasteiger partial charge on any atom is 0.271 e. The summed E-state index contributed by atoms with van der Waals surface area (Å²) in [6, 6.07) is 15.0. The van der Waals surface area contributed by atoms with Crippen LogP contribution in [0, 0.1) is 0 Å². The number of thioether (sulfide) groups is 1. The lowest BCUT2D eigenvalue weighted by Gasteiger charge is -2.05. The Bertz CT molecular complexity index is 968. The molecule has 1 aromatic heterocycles. The first-order valence-corrected chi connectivity index (χ1v) is 10.8. The van der Waals surface area contributed by atoms with Gasteiger partial charge in [-0.3, -0.25) is 4.79 Å². The Balaban J connectivity index is 1.46. The van der Waals surface area contributed by atoms with Crippen LogP contribution >= 0.6 is 11.8 Å². The van der Waals surface area contributed by atoms with E-state index >= 15 is 0 Å². The molecule has 0 aliphatic carbocycles. The monoisotopic (exact) mass is 423 g/mol. The largest absolute Gasteiger partial charge is 0.494 e. The number of unbranched alkanes of at least 4 members (excludes halogenated alkanes) is 1. The van der Waals surface area contributed by atoms with Crippen LogP contribution in [0.1, 0.15) is 41.3 Å². The van der Waals surface area contributed by atoms with Crippen LogP contribution in [0.25, 0.3) is 0 Å². The number of carbonyl (C=O) groups excluding carboxylic acids is 1. The quantitative estimate of drug-likeness (QED) is 0.230. The van der Waals surface area contributed by atoms with Gasteiger partial charge >= 0.3 is 0 Å². The number of rotatable bonds is 10. The van der Waals surface area contributed by atoms with E-state index in [2.05, 4.69) is 27.6 Å². The third-order valence-electron chi connectivity index (χ3n) is 4.28. The van der Waals surface area contributed by atoms with Crippen molar-refractivity contribution in [2.24, 2.45) is 12.1 Å². The van der Waals surface area contributed by atoms with Crippen molar-refractivity contribution in [2.45, 2.75) is 30.7 Å². The number of aromatic nitrogens is 3. The minimum absolute atomic E-state index is 0.252. The van der Waals surface area contributed by atoms with E-state index in [1.807, 2.05) is 48.0 Å². The third kappa shape index (κ3) is 6.45. The highest BCUT2D eigenvalue weighted by atomic mass is 32.2. The topological polar surface area (TPSA) is 81.4 Å². The SMILES string of the molecule is CCCCOc1ccc(/C=N\NC(=O)c2ccc(CSc3nncn3C)cc2)cc1. The molecule has 0 atom stereocenters. The number of benzene rings is 2. The summed E-state index contributed by atoms with van der Waals surface area (Å²) in [5, 5.41) is 12.8. The van der Waals surface area contributed by atoms with Crippen LogP contribution < -0.4 is 10.2 Å². The van der Waals surface area contributed by atoms with Gasteiger partial charge in [-0.1, -0.05) is 37.2 Å². The van der Waals surface area contributed by atoms with Crippen molar-refractivity contribution in [1.82, 2.24) is 20.2 Å². The van der Waals surface area contributed by atoms with Gasteiger partial charge in [0, 0.05) is 18.4 Å². The highest BCUT2D eigenvalue weighted by Gasteiger charge is 2.06. The van der Waals surface area contributed by atoms with Gasteiger partial charge in [0.2, 0.25) is 0 Å². The van der Waals surface area contributed by atoms with Crippen molar-refractivity contribution in [3.05, 3.63) is 71.5 Å². The zero-order valence-corrected chi connectivity index (χ0v) is 17.9. The fourth-order valence-corrected chi connectivity index (χ4v) is 3.36. The van der Waals surface area contributed by atoms with Gasteiger partial charge in [-0.2, -0.15) is 5.10 Å². The van der Waals surface area contributed by atoms with Crippen molar-refractivity contribution >= 4 is 23.9 Å². The van der Waals surface area contributed by atoms with Crippen LogP contribution in [-0.4, -0.2) is 33.5 Å². The van der Waals surface area contributed by atoms with Crippen LogP contribution in [0.15, 0.2) is 65.1 Å². The van der Waals surface area contributed by atoms with Crippen molar-refractivity contribution in [2.75, 3.05) is 6.61 Å². The molecule has 0 aliphatic heterocycles. The third-order valence-corrected chi connectivity index (χ3v) is 5.39. The van der Waals surface area contributed by atoms with Crippen LogP contribution in [0.5, 0.6) is 5.75 Å². The molecular weight excluding hydrogens is 398 g/mol. The van der Waals surface area contributed by atoms with Crippen LogP contribution in [0.2, 0.25) is 0 Å². The Hall–Kier alpha value is -3.13. The van der Waals surface area contributed by atoms with E-state index in [9.17, 15) is 4.79 Å². The van der Waals surface area contributed by atoms with E-state index in [4.69, 9.17) is 4.74 Å². The molecular formula is C22H25N5O2S. The minimum Gasteiger partial charge on any atom is -0.494 e. The van der Waals surface area contributed by atoms with Gasteiger partial charge < -0.3 is 9.30 Å². The molecule has 0 spiro atoms. The number of carbonyl (C=O) groups is 1. The summed E-state index contributed by atoms with van der Waals surface area (Å²) < 4.78 is 7.50. The maximum atomic E-state index is 12.3. The van der Waals surface area contributed by atoms with E-state index in [0.29, 0.717) is 5.56 Å². The molecule has 3 rings (SSSR count). The molecule has 0 saturated carbocycles. The Labute approximate surface area is 180 Å². The van der Waals surface area contributed by atoms with E-state index in [-0.39, 0.29) is 5.91 Å². The van der Waals surface area contributed by atoms with Crippen LogP contribution in [0.3, 0.4) is 0 Å². The van der Waals surface area contributed by atoms with Crippen LogP contribution in [0.4, 0.5) is 0 Å². The molecule has 1 amide bonds. The number of nitrogens with one attached hydrogen (secondary N) is 1. The molecule has 0 aliphatic rings. The number of amides is 1. The first kappa shape index (κ1) is 21.6. The first-order valence-electron chi connectivity index (χ1n) is 9.77. The average molecular weight is 424 g/mol. The molecule has 0 fully saturated rings. The minimum atomic E-state index is -0.252. The first-order chi connectivity index (χ1) is 14.7. The summed E-state index contributed by atoms with van der Waals surface area (Å²) in [7, 11) is 1.91. The maximum absolute atomic E-state index is 12.3. The zero-order chi connectivity index (χ0) is 21.2. The highest BCUT2D eigenvalue weighted by molar-refractivity contribution is 7.98. The molecule has 1 N–H and O–H groups in total. The summed E-state index contributed by atoms with van der Waals surface area (Å²) in [6.07, 6.45) is 5.43. The van der Waals surface area contributed by atoms with Crippen molar-refractivity contribution in [1.29, 1.82) is 0 Å². The Morgan fingerprint density at radius 3 is 2.63 bits per heavy atom. The average Bonchev–Trinajstić information content (AvgIpc) is 3.18. The van der Waals surface area contributed by atoms with Gasteiger partial charge in [0.1, 0.15) is 12.1 Å². The van der Waals surface area contributed by atoms with Crippen molar-refractivity contribution in [3.63, 3.8) is 0 Å². The molecule has 7 nitrogen and oxygen atoms in total. The molecule has 0 radical (unpaired) electrons. The van der Waals surface area contributed by atoms with Crippen molar-refractivity contribution in [3.8, 4) is 5.75 Å². The Kier molecular flexibility index (Phi) is 8.02. The molecule has 0 saturated heterocycles. The smallest absolute Gasteiger partial charge is 0.271 e. The van der Waals surface area contributed by atoms with E-state index in [1.54, 1.807) is 36.4 Å². The fraction of sp³-hybridized carbons (Fsp3) is 0.273. The lowest BCUT2D eigenvalue weighted by Crippen LogP contribution is -2.17. The molecule has 0 bridgehead atoms. The van der Waals surface area contributed by atoms with Gasteiger partial charge in [-0.25, -0.2) is 5.43 Å². The Morgan fingerprint density at radius 1 is 1.20 bits per heavy atom. The van der Waals surface area contributed by atoms with Gasteiger partial charge in [0.05, 0.1) is 12.8 Å². The fourth-order valence-electron chi connectivity index (χ4n) is 2.52. The number of ether oxygens (including phenoxy) is 1. The van der Waals surface area contributed by atoms with Gasteiger partial charge in [-0.15, -0.1) is 10.2 Å². The highest BCUT2D eigenvalue weighted by Crippen LogP contribution is 2.20. The second kappa shape index (κ2) is 11.2. The summed E-state index contributed by atoms with van der Waals surface area (Å²) in [6.45, 7) is 2.85. The number of nitrogens with zero attached hydrogens (tertiary/aromatic N) is 4. The van der Waals surface area contributed by atoms with Crippen LogP contribution in [-0.2, 0) is 12.8 Å². The second-order valence-electron chi connectivity index (χ2n) is 6.68. The van der Waals surface area contributed by atoms with E-state index in [1.165, 1.54) is 0 Å². The summed E-state index contributed by atoms with van der Waals surface area (Å²) in [5.41, 5.74) is 5.10. The van der Waals surface area contributed by atoms with Gasteiger partial charge in [0.15, 0.2) is 5.16 Å². The molecule has 0 unspecified atom stereocenters. The zero-order valence-electron chi connectivity index (χ0n) is 17.1. The van der Waals surface area contributed by atoms with Gasteiger partial charge in [0.25, 0.3) is 5.91 Å². The van der Waals surface area contributed by atoms with Gasteiger partial charge in [-0.05, 0) is 53.9 Å². The lowest BCUT2D eigenvalue weighted by atomic mass is 10.1. The summed E-state index contributed by atoms with van der Waals surface area (Å²) in [4.78, 5) is 12.3. The molecule has 156 valence electrons. The molecule has 8 heteroatoms.